The van der Waals surface area contributed by atoms with Gasteiger partial charge in [0.1, 0.15) is 17.4 Å². The summed E-state index contributed by atoms with van der Waals surface area (Å²) < 4.78 is 1.85. The van der Waals surface area contributed by atoms with E-state index in [0.29, 0.717) is 0 Å². The molecule has 0 bridgehead atoms. The van der Waals surface area contributed by atoms with E-state index < -0.39 is 0 Å². The molecule has 0 saturated carbocycles. The van der Waals surface area contributed by atoms with Crippen molar-refractivity contribution in [3.63, 3.8) is 0 Å². The van der Waals surface area contributed by atoms with Gasteiger partial charge in [-0.15, -0.1) is 0 Å². The van der Waals surface area contributed by atoms with Gasteiger partial charge in [-0.05, 0) is 6.92 Å². The predicted molar refractivity (Wildman–Crippen MR) is 41.0 cm³/mol. The zero-order valence-corrected chi connectivity index (χ0v) is 6.23. The van der Waals surface area contributed by atoms with Crippen LogP contribution in [0, 0.1) is 0 Å². The van der Waals surface area contributed by atoms with E-state index in [-0.39, 0.29) is 0 Å². The van der Waals surface area contributed by atoms with Gasteiger partial charge in [0.25, 0.3) is 0 Å². The Morgan fingerprint density at radius 1 is 1.45 bits per heavy atom. The fourth-order valence-corrected chi connectivity index (χ4v) is 0.979. The van der Waals surface area contributed by atoms with Gasteiger partial charge in [-0.25, -0.2) is 9.97 Å². The van der Waals surface area contributed by atoms with Crippen molar-refractivity contribution in [1.29, 1.82) is 0 Å². The van der Waals surface area contributed by atoms with Gasteiger partial charge in [0, 0.05) is 6.54 Å². The third kappa shape index (κ3) is 0.960. The van der Waals surface area contributed by atoms with Crippen molar-refractivity contribution < 1.29 is 0 Å². The minimum absolute atomic E-state index is 0.856. The second kappa shape index (κ2) is 2.30. The Hall–Kier alpha value is -1.45. The summed E-state index contributed by atoms with van der Waals surface area (Å²) in [5.74, 6) is 0. The van der Waals surface area contributed by atoms with Crippen molar-refractivity contribution in [3.05, 3.63) is 18.7 Å². The van der Waals surface area contributed by atoms with Crippen molar-refractivity contribution >= 4 is 11.0 Å². The van der Waals surface area contributed by atoms with Gasteiger partial charge in [-0.2, -0.15) is 5.10 Å². The average molecular weight is 148 g/mol. The number of aryl methyl sites for hydroxylation is 1. The van der Waals surface area contributed by atoms with Gasteiger partial charge in [-0.3, -0.25) is 4.68 Å². The molecule has 2 aromatic rings. The lowest BCUT2D eigenvalue weighted by molar-refractivity contribution is 0.667. The zero-order chi connectivity index (χ0) is 7.68. The molecule has 56 valence electrons. The summed E-state index contributed by atoms with van der Waals surface area (Å²) in [7, 11) is 0. The second-order valence-corrected chi connectivity index (χ2v) is 2.28. The van der Waals surface area contributed by atoms with Crippen LogP contribution in [0.5, 0.6) is 0 Å². The fourth-order valence-electron chi connectivity index (χ4n) is 0.979. The summed E-state index contributed by atoms with van der Waals surface area (Å²) in [6.45, 7) is 2.91. The smallest absolute Gasteiger partial charge is 0.129 e. The van der Waals surface area contributed by atoms with Gasteiger partial charge >= 0.3 is 0 Å². The minimum Gasteiger partial charge on any atom is -0.270 e. The highest BCUT2D eigenvalue weighted by molar-refractivity contribution is 5.71. The molecule has 0 N–H and O–H groups in total. The van der Waals surface area contributed by atoms with Crippen LogP contribution < -0.4 is 0 Å². The van der Waals surface area contributed by atoms with Gasteiger partial charge in [0.2, 0.25) is 0 Å². The quantitative estimate of drug-likeness (QED) is 0.602. The zero-order valence-electron chi connectivity index (χ0n) is 6.23. The van der Waals surface area contributed by atoms with Crippen LogP contribution in [0.1, 0.15) is 6.92 Å². The van der Waals surface area contributed by atoms with Crippen LogP contribution >= 0.6 is 0 Å². The first-order chi connectivity index (χ1) is 5.40. The van der Waals surface area contributed by atoms with Gasteiger partial charge in [0.15, 0.2) is 0 Å². The lowest BCUT2D eigenvalue weighted by atomic mass is 10.5. The standard InChI is InChI=1S/C7H8N4/c1-2-11-4-7-6(10-11)3-8-5-9-7/h3-5H,2H2,1H3. The number of fused-ring (bicyclic) bond motifs is 1. The van der Waals surface area contributed by atoms with Gasteiger partial charge < -0.3 is 0 Å². The summed E-state index contributed by atoms with van der Waals surface area (Å²) in [6, 6.07) is 0. The molecule has 11 heavy (non-hydrogen) atoms. The number of nitrogens with zero attached hydrogens (tertiary/aromatic N) is 4. The molecule has 0 amide bonds. The molecule has 0 radical (unpaired) electrons. The molecule has 0 spiro atoms. The molecule has 2 rings (SSSR count). The number of hydrogen-bond donors (Lipinski definition) is 0. The van der Waals surface area contributed by atoms with Crippen LogP contribution in [0.2, 0.25) is 0 Å². The Labute approximate surface area is 63.9 Å². The molecule has 4 nitrogen and oxygen atoms in total. The van der Waals surface area contributed by atoms with Crippen LogP contribution in [-0.4, -0.2) is 19.7 Å². The van der Waals surface area contributed by atoms with Crippen molar-refractivity contribution in [2.75, 3.05) is 0 Å². The van der Waals surface area contributed by atoms with Crippen LogP contribution in [-0.2, 0) is 6.54 Å². The minimum atomic E-state index is 0.856. The van der Waals surface area contributed by atoms with Crippen molar-refractivity contribution in [1.82, 2.24) is 19.7 Å². The maximum absolute atomic E-state index is 4.22. The Kier molecular flexibility index (Phi) is 1.31. The molecule has 2 heterocycles. The molecule has 0 fully saturated rings. The van der Waals surface area contributed by atoms with Gasteiger partial charge in [0.05, 0.1) is 12.4 Å². The van der Waals surface area contributed by atoms with E-state index in [9.17, 15) is 0 Å². The van der Waals surface area contributed by atoms with Crippen LogP contribution in [0.15, 0.2) is 18.7 Å². The normalized spacial score (nSPS) is 10.6. The second-order valence-electron chi connectivity index (χ2n) is 2.28. The van der Waals surface area contributed by atoms with Crippen molar-refractivity contribution in [2.45, 2.75) is 13.5 Å². The topological polar surface area (TPSA) is 43.6 Å². The molecule has 4 heteroatoms. The Balaban J connectivity index is 2.69. The monoisotopic (exact) mass is 148 g/mol. The third-order valence-corrected chi connectivity index (χ3v) is 1.55. The summed E-state index contributed by atoms with van der Waals surface area (Å²) >= 11 is 0. The summed E-state index contributed by atoms with van der Waals surface area (Å²) in [4.78, 5) is 7.93. The summed E-state index contributed by atoms with van der Waals surface area (Å²) in [5.41, 5.74) is 1.76. The van der Waals surface area contributed by atoms with E-state index in [0.717, 1.165) is 17.6 Å². The van der Waals surface area contributed by atoms with E-state index in [4.69, 9.17) is 0 Å². The molecule has 0 aliphatic heterocycles. The van der Waals surface area contributed by atoms with Crippen molar-refractivity contribution in [3.8, 4) is 0 Å². The molecular weight excluding hydrogens is 140 g/mol. The number of rotatable bonds is 1. The van der Waals surface area contributed by atoms with E-state index in [1.54, 1.807) is 6.20 Å². The van der Waals surface area contributed by atoms with Crippen LogP contribution in [0.3, 0.4) is 0 Å². The van der Waals surface area contributed by atoms with Crippen molar-refractivity contribution in [2.24, 2.45) is 0 Å². The molecule has 0 aromatic carbocycles. The summed E-state index contributed by atoms with van der Waals surface area (Å²) in [5, 5.41) is 4.22. The number of aromatic nitrogens is 4. The Morgan fingerprint density at radius 3 is 3.09 bits per heavy atom. The first-order valence-electron chi connectivity index (χ1n) is 3.53. The highest BCUT2D eigenvalue weighted by atomic mass is 15.3. The van der Waals surface area contributed by atoms with E-state index in [2.05, 4.69) is 15.1 Å². The third-order valence-electron chi connectivity index (χ3n) is 1.55. The summed E-state index contributed by atoms with van der Waals surface area (Å²) in [6.07, 6.45) is 5.16. The Morgan fingerprint density at radius 2 is 2.36 bits per heavy atom. The first-order valence-corrected chi connectivity index (χ1v) is 3.53. The highest BCUT2D eigenvalue weighted by Crippen LogP contribution is 2.04. The molecular formula is C7H8N4. The van der Waals surface area contributed by atoms with E-state index >= 15 is 0 Å². The Bertz CT molecular complexity index is 332. The predicted octanol–water partition coefficient (Wildman–Crippen LogP) is 0.846. The van der Waals surface area contributed by atoms with E-state index in [1.165, 1.54) is 6.33 Å². The number of hydrogen-bond acceptors (Lipinski definition) is 3. The maximum Gasteiger partial charge on any atom is 0.129 e. The average Bonchev–Trinajstić information content (AvgIpc) is 2.46. The lowest BCUT2D eigenvalue weighted by Gasteiger charge is -1.88. The van der Waals surface area contributed by atoms with Crippen LogP contribution in [0.4, 0.5) is 0 Å². The molecule has 0 atom stereocenters. The molecule has 2 aromatic heterocycles. The van der Waals surface area contributed by atoms with Gasteiger partial charge in [-0.1, -0.05) is 0 Å². The highest BCUT2D eigenvalue weighted by Gasteiger charge is 1.97. The fraction of sp³-hybridized carbons (Fsp3) is 0.286. The first kappa shape index (κ1) is 6.27. The SMILES string of the molecule is CCn1cc2ncncc2n1. The van der Waals surface area contributed by atoms with Crippen LogP contribution in [0.25, 0.3) is 11.0 Å². The lowest BCUT2D eigenvalue weighted by Crippen LogP contribution is -1.92. The molecule has 0 unspecified atom stereocenters. The molecule has 0 saturated heterocycles. The maximum atomic E-state index is 4.22. The largest absolute Gasteiger partial charge is 0.270 e. The molecule has 0 aliphatic rings. The van der Waals surface area contributed by atoms with E-state index in [1.807, 2.05) is 17.8 Å². The molecule has 0 aliphatic carbocycles.